The van der Waals surface area contributed by atoms with Crippen molar-refractivity contribution in [2.24, 2.45) is 5.73 Å². The van der Waals surface area contributed by atoms with Crippen LogP contribution < -0.4 is 15.2 Å². The second-order valence-electron chi connectivity index (χ2n) is 4.73. The molecule has 5 heteroatoms. The van der Waals surface area contributed by atoms with Crippen LogP contribution in [0.1, 0.15) is 22.7 Å². The zero-order valence-electron chi connectivity index (χ0n) is 12.1. The summed E-state index contributed by atoms with van der Waals surface area (Å²) in [5, 5.41) is 0. The van der Waals surface area contributed by atoms with Crippen LogP contribution in [-0.2, 0) is 0 Å². The van der Waals surface area contributed by atoms with Gasteiger partial charge >= 0.3 is 0 Å². The van der Waals surface area contributed by atoms with Crippen molar-refractivity contribution in [1.82, 2.24) is 0 Å². The maximum absolute atomic E-state index is 14.1. The van der Waals surface area contributed by atoms with Crippen molar-refractivity contribution < 1.29 is 18.3 Å². The molecule has 0 fully saturated rings. The summed E-state index contributed by atoms with van der Waals surface area (Å²) in [5.41, 5.74) is 7.30. The van der Waals surface area contributed by atoms with E-state index in [2.05, 4.69) is 0 Å². The van der Waals surface area contributed by atoms with Crippen LogP contribution >= 0.6 is 0 Å². The fraction of sp³-hybridized carbons (Fsp3) is 0.250. The predicted octanol–water partition coefficient (Wildman–Crippen LogP) is 3.34. The maximum atomic E-state index is 14.1. The van der Waals surface area contributed by atoms with Crippen LogP contribution in [0.25, 0.3) is 0 Å². The van der Waals surface area contributed by atoms with E-state index in [0.29, 0.717) is 11.3 Å². The van der Waals surface area contributed by atoms with Gasteiger partial charge in [-0.05, 0) is 13.0 Å². The molecule has 2 aromatic rings. The Hall–Kier alpha value is -2.14. The Kier molecular flexibility index (Phi) is 4.43. The minimum absolute atomic E-state index is 0.108. The summed E-state index contributed by atoms with van der Waals surface area (Å²) in [4.78, 5) is 0. The zero-order valence-corrected chi connectivity index (χ0v) is 12.1. The van der Waals surface area contributed by atoms with Gasteiger partial charge in [0.05, 0.1) is 20.3 Å². The smallest absolute Gasteiger partial charge is 0.134 e. The summed E-state index contributed by atoms with van der Waals surface area (Å²) in [6.45, 7) is 1.87. The lowest BCUT2D eigenvalue weighted by molar-refractivity contribution is 0.401. The Morgan fingerprint density at radius 3 is 2.14 bits per heavy atom. The van der Waals surface area contributed by atoms with E-state index in [1.165, 1.54) is 14.2 Å². The van der Waals surface area contributed by atoms with Crippen LogP contribution in [0.3, 0.4) is 0 Å². The van der Waals surface area contributed by atoms with Crippen molar-refractivity contribution in [3.63, 3.8) is 0 Å². The summed E-state index contributed by atoms with van der Waals surface area (Å²) in [7, 11) is 2.83. The Labute approximate surface area is 122 Å². The van der Waals surface area contributed by atoms with Gasteiger partial charge in [-0.15, -0.1) is 0 Å². The summed E-state index contributed by atoms with van der Waals surface area (Å²) in [6, 6.07) is 6.58. The van der Waals surface area contributed by atoms with Crippen molar-refractivity contribution in [3.8, 4) is 11.5 Å². The van der Waals surface area contributed by atoms with E-state index in [1.54, 1.807) is 12.1 Å². The first-order valence-corrected chi connectivity index (χ1v) is 6.41. The van der Waals surface area contributed by atoms with Crippen molar-refractivity contribution >= 4 is 0 Å². The Morgan fingerprint density at radius 2 is 1.62 bits per heavy atom. The average molecular weight is 293 g/mol. The molecule has 0 saturated heterocycles. The number of benzene rings is 2. The lowest BCUT2D eigenvalue weighted by atomic mass is 9.96. The Balaban J connectivity index is 2.55. The van der Waals surface area contributed by atoms with E-state index >= 15 is 0 Å². The molecule has 112 valence electrons. The molecule has 21 heavy (non-hydrogen) atoms. The average Bonchev–Trinajstić information content (AvgIpc) is 2.46. The highest BCUT2D eigenvalue weighted by Crippen LogP contribution is 2.33. The first-order chi connectivity index (χ1) is 9.97. The minimum atomic E-state index is -0.967. The van der Waals surface area contributed by atoms with Gasteiger partial charge in [0.25, 0.3) is 0 Å². The van der Waals surface area contributed by atoms with Crippen LogP contribution in [-0.4, -0.2) is 14.2 Å². The molecule has 0 amide bonds. The van der Waals surface area contributed by atoms with Gasteiger partial charge < -0.3 is 15.2 Å². The van der Waals surface area contributed by atoms with Crippen molar-refractivity contribution in [2.75, 3.05) is 14.2 Å². The SMILES string of the molecule is COc1cc(F)c(C(N)c2cc(C)ccc2OC)c(F)c1. The molecule has 2 N–H and O–H groups in total. The topological polar surface area (TPSA) is 44.5 Å². The van der Waals surface area contributed by atoms with Crippen LogP contribution in [0.15, 0.2) is 30.3 Å². The lowest BCUT2D eigenvalue weighted by Crippen LogP contribution is -2.17. The zero-order chi connectivity index (χ0) is 15.6. The van der Waals surface area contributed by atoms with Crippen molar-refractivity contribution in [1.29, 1.82) is 0 Å². The molecule has 2 rings (SSSR count). The maximum Gasteiger partial charge on any atom is 0.134 e. The molecule has 3 nitrogen and oxygen atoms in total. The third kappa shape index (κ3) is 2.97. The predicted molar refractivity (Wildman–Crippen MR) is 76.7 cm³/mol. The van der Waals surface area contributed by atoms with Gasteiger partial charge in [0.2, 0.25) is 0 Å². The third-order valence-corrected chi connectivity index (χ3v) is 3.32. The van der Waals surface area contributed by atoms with E-state index < -0.39 is 17.7 Å². The molecule has 0 bridgehead atoms. The standard InChI is InChI=1S/C16H17F2NO2/c1-9-4-5-14(21-3)11(6-9)16(19)15-12(17)7-10(20-2)8-13(15)18/h4-8,16H,19H2,1-3H3. The van der Waals surface area contributed by atoms with Gasteiger partial charge in [-0.25, -0.2) is 8.78 Å². The summed E-state index contributed by atoms with van der Waals surface area (Å²) < 4.78 is 38.3. The molecule has 1 unspecified atom stereocenters. The molecule has 0 aliphatic heterocycles. The Bertz CT molecular complexity index is 636. The Morgan fingerprint density at radius 1 is 1.00 bits per heavy atom. The molecule has 0 saturated carbocycles. The largest absolute Gasteiger partial charge is 0.497 e. The van der Waals surface area contributed by atoms with Gasteiger partial charge in [-0.2, -0.15) is 0 Å². The number of halogens is 2. The van der Waals surface area contributed by atoms with Crippen LogP contribution in [0.2, 0.25) is 0 Å². The van der Waals surface area contributed by atoms with Gasteiger partial charge in [0.15, 0.2) is 0 Å². The lowest BCUT2D eigenvalue weighted by Gasteiger charge is -2.18. The summed E-state index contributed by atoms with van der Waals surface area (Å²) in [5.74, 6) is -0.898. The number of nitrogens with two attached hydrogens (primary N) is 1. The molecular weight excluding hydrogens is 276 g/mol. The molecule has 0 aliphatic carbocycles. The molecule has 0 aromatic heterocycles. The highest BCUT2D eigenvalue weighted by molar-refractivity contribution is 5.45. The summed E-state index contributed by atoms with van der Waals surface area (Å²) in [6.07, 6.45) is 0. The van der Waals surface area contributed by atoms with Crippen LogP contribution in [0.4, 0.5) is 8.78 Å². The number of hydrogen-bond donors (Lipinski definition) is 1. The van der Waals surface area contributed by atoms with E-state index in [9.17, 15) is 8.78 Å². The van der Waals surface area contributed by atoms with Crippen molar-refractivity contribution in [2.45, 2.75) is 13.0 Å². The van der Waals surface area contributed by atoms with Gasteiger partial charge in [-0.3, -0.25) is 0 Å². The van der Waals surface area contributed by atoms with E-state index in [0.717, 1.165) is 17.7 Å². The quantitative estimate of drug-likeness (QED) is 0.940. The van der Waals surface area contributed by atoms with E-state index in [1.807, 2.05) is 13.0 Å². The monoisotopic (exact) mass is 293 g/mol. The number of methoxy groups -OCH3 is 2. The molecular formula is C16H17F2NO2. The molecule has 2 aromatic carbocycles. The number of rotatable bonds is 4. The highest BCUT2D eigenvalue weighted by atomic mass is 19.1. The fourth-order valence-corrected chi connectivity index (χ4v) is 2.23. The van der Waals surface area contributed by atoms with Crippen molar-refractivity contribution in [3.05, 3.63) is 58.7 Å². The first-order valence-electron chi connectivity index (χ1n) is 6.41. The normalized spacial score (nSPS) is 12.1. The second kappa shape index (κ2) is 6.10. The van der Waals surface area contributed by atoms with Crippen LogP contribution in [0.5, 0.6) is 11.5 Å². The van der Waals surface area contributed by atoms with E-state index in [-0.39, 0.29) is 11.3 Å². The third-order valence-electron chi connectivity index (χ3n) is 3.32. The van der Waals surface area contributed by atoms with Crippen LogP contribution in [0, 0.1) is 18.6 Å². The molecule has 0 radical (unpaired) electrons. The number of hydrogen-bond acceptors (Lipinski definition) is 3. The minimum Gasteiger partial charge on any atom is -0.497 e. The summed E-state index contributed by atoms with van der Waals surface area (Å²) >= 11 is 0. The van der Waals surface area contributed by atoms with Gasteiger partial charge in [-0.1, -0.05) is 17.7 Å². The number of aryl methyl sites for hydroxylation is 1. The second-order valence-corrected chi connectivity index (χ2v) is 4.73. The number of ether oxygens (including phenoxy) is 2. The molecule has 1 atom stereocenters. The molecule has 0 heterocycles. The molecule has 0 spiro atoms. The first kappa shape index (κ1) is 15.3. The van der Waals surface area contributed by atoms with E-state index in [4.69, 9.17) is 15.2 Å². The van der Waals surface area contributed by atoms with Gasteiger partial charge in [0, 0.05) is 23.3 Å². The highest BCUT2D eigenvalue weighted by Gasteiger charge is 2.22. The molecule has 0 aliphatic rings. The van der Waals surface area contributed by atoms with Gasteiger partial charge in [0.1, 0.15) is 23.1 Å². The fourth-order valence-electron chi connectivity index (χ4n) is 2.23.